The van der Waals surface area contributed by atoms with E-state index in [1.54, 1.807) is 6.08 Å². The standard InChI is InChI=1S/C6H3BrCl/c7-5-1-3-6(8)4-2-5/h1,3-4H/q+1. The highest BCUT2D eigenvalue weighted by Gasteiger charge is 2.02. The van der Waals surface area contributed by atoms with E-state index >= 15 is 0 Å². The van der Waals surface area contributed by atoms with E-state index in [2.05, 4.69) is 22.0 Å². The third-order valence-corrected chi connectivity index (χ3v) is 1.47. The fourth-order valence-corrected chi connectivity index (χ4v) is 0.751. The van der Waals surface area contributed by atoms with Crippen LogP contribution < -0.4 is 0 Å². The molecule has 2 heteroatoms. The molecule has 0 atom stereocenters. The van der Waals surface area contributed by atoms with Crippen molar-refractivity contribution in [2.45, 2.75) is 0 Å². The molecule has 0 bridgehead atoms. The van der Waals surface area contributed by atoms with Crippen LogP contribution in [0.1, 0.15) is 0 Å². The Kier molecular flexibility index (Phi) is 1.85. The third kappa shape index (κ3) is 1.45. The van der Waals surface area contributed by atoms with Crippen molar-refractivity contribution in [3.63, 3.8) is 0 Å². The van der Waals surface area contributed by atoms with Crippen LogP contribution >= 0.6 is 27.5 Å². The van der Waals surface area contributed by atoms with Gasteiger partial charge in [0.25, 0.3) is 0 Å². The zero-order chi connectivity index (χ0) is 5.98. The molecule has 40 valence electrons. The molecule has 0 radical (unpaired) electrons. The summed E-state index contributed by atoms with van der Waals surface area (Å²) in [5, 5.41) is 0.716. The Morgan fingerprint density at radius 1 is 1.50 bits per heavy atom. The van der Waals surface area contributed by atoms with Crippen LogP contribution in [0, 0.1) is 6.08 Å². The zero-order valence-electron chi connectivity index (χ0n) is 3.99. The maximum Gasteiger partial charge on any atom is 0.180 e. The summed E-state index contributed by atoms with van der Waals surface area (Å²) in [5.74, 6) is 0. The van der Waals surface area contributed by atoms with Crippen LogP contribution in [-0.4, -0.2) is 0 Å². The van der Waals surface area contributed by atoms with Gasteiger partial charge in [0.2, 0.25) is 0 Å². The number of allylic oxidation sites excluding steroid dienone is 6. The molecule has 0 heterocycles. The molecule has 1 aliphatic rings. The lowest BCUT2D eigenvalue weighted by atomic mass is 10.3. The van der Waals surface area contributed by atoms with E-state index < -0.39 is 0 Å². The molecule has 0 saturated heterocycles. The van der Waals surface area contributed by atoms with Gasteiger partial charge in [-0.3, -0.25) is 0 Å². The quantitative estimate of drug-likeness (QED) is 0.515. The van der Waals surface area contributed by atoms with E-state index in [1.807, 2.05) is 12.2 Å². The van der Waals surface area contributed by atoms with Gasteiger partial charge in [0.05, 0.1) is 18.2 Å². The lowest BCUT2D eigenvalue weighted by molar-refractivity contribution is 1.69. The summed E-state index contributed by atoms with van der Waals surface area (Å²) in [6.45, 7) is 0. The summed E-state index contributed by atoms with van der Waals surface area (Å²) < 4.78 is 0.932. The second-order valence-corrected chi connectivity index (χ2v) is 2.65. The average Bonchev–Trinajstić information content (AvgIpc) is 1.77. The lowest BCUT2D eigenvalue weighted by Crippen LogP contribution is -1.71. The van der Waals surface area contributed by atoms with Gasteiger partial charge in [0.15, 0.2) is 9.51 Å². The molecule has 0 nitrogen and oxygen atoms in total. The summed E-state index contributed by atoms with van der Waals surface area (Å²) in [6.07, 6.45) is 8.26. The van der Waals surface area contributed by atoms with Crippen LogP contribution in [-0.2, 0) is 0 Å². The number of halogens is 2. The summed E-state index contributed by atoms with van der Waals surface area (Å²) >= 11 is 8.79. The average molecular weight is 190 g/mol. The van der Waals surface area contributed by atoms with Crippen molar-refractivity contribution < 1.29 is 0 Å². The predicted molar refractivity (Wildman–Crippen MR) is 38.8 cm³/mol. The minimum atomic E-state index is 0.716. The zero-order valence-corrected chi connectivity index (χ0v) is 6.33. The summed E-state index contributed by atoms with van der Waals surface area (Å²) in [5.41, 5.74) is 0. The summed E-state index contributed by atoms with van der Waals surface area (Å²) in [4.78, 5) is 0. The third-order valence-electron chi connectivity index (χ3n) is 0.737. The Morgan fingerprint density at radius 3 is 2.62 bits per heavy atom. The first-order valence-electron chi connectivity index (χ1n) is 2.12. The van der Waals surface area contributed by atoms with Gasteiger partial charge < -0.3 is 0 Å². The molecular weight excluding hydrogens is 187 g/mol. The van der Waals surface area contributed by atoms with E-state index in [1.165, 1.54) is 0 Å². The Labute approximate surface area is 61.7 Å². The predicted octanol–water partition coefficient (Wildman–Crippen LogP) is 2.76. The first-order chi connectivity index (χ1) is 3.79. The fraction of sp³-hybridized carbons (Fsp3) is 0. The Balaban J connectivity index is 2.86. The summed E-state index contributed by atoms with van der Waals surface area (Å²) in [7, 11) is 0. The van der Waals surface area contributed by atoms with Gasteiger partial charge in [-0.2, -0.15) is 0 Å². The van der Waals surface area contributed by atoms with Crippen LogP contribution in [0.25, 0.3) is 0 Å². The van der Waals surface area contributed by atoms with Crippen molar-refractivity contribution in [3.05, 3.63) is 33.8 Å². The van der Waals surface area contributed by atoms with Gasteiger partial charge >= 0.3 is 0 Å². The number of hydrogen-bond donors (Lipinski definition) is 0. The molecule has 0 aromatic carbocycles. The highest BCUT2D eigenvalue weighted by Crippen LogP contribution is 2.15. The van der Waals surface area contributed by atoms with Crippen LogP contribution in [0.2, 0.25) is 0 Å². The monoisotopic (exact) mass is 189 g/mol. The molecule has 1 aliphatic carbocycles. The first-order valence-corrected chi connectivity index (χ1v) is 3.29. The van der Waals surface area contributed by atoms with Gasteiger partial charge in [-0.05, 0) is 15.9 Å². The molecule has 8 heavy (non-hydrogen) atoms. The van der Waals surface area contributed by atoms with Crippen LogP contribution in [0.5, 0.6) is 0 Å². The van der Waals surface area contributed by atoms with E-state index in [-0.39, 0.29) is 0 Å². The minimum absolute atomic E-state index is 0.716. The minimum Gasteiger partial charge on any atom is -0.00773 e. The van der Waals surface area contributed by atoms with Crippen molar-refractivity contribution in [3.8, 4) is 0 Å². The van der Waals surface area contributed by atoms with Crippen molar-refractivity contribution in [1.29, 1.82) is 0 Å². The molecule has 0 aliphatic heterocycles. The lowest BCUT2D eigenvalue weighted by Gasteiger charge is -1.80. The second kappa shape index (κ2) is 2.45. The normalized spacial score (nSPS) is 16.8. The van der Waals surface area contributed by atoms with Crippen molar-refractivity contribution in [2.24, 2.45) is 0 Å². The maximum atomic E-state index is 5.56. The first kappa shape index (κ1) is 6.03. The van der Waals surface area contributed by atoms with Gasteiger partial charge in [-0.1, -0.05) is 0 Å². The van der Waals surface area contributed by atoms with Gasteiger partial charge in [-0.15, -0.1) is 0 Å². The van der Waals surface area contributed by atoms with Crippen molar-refractivity contribution >= 4 is 27.5 Å². The van der Waals surface area contributed by atoms with E-state index in [0.29, 0.717) is 5.03 Å². The van der Waals surface area contributed by atoms with Crippen molar-refractivity contribution in [1.82, 2.24) is 0 Å². The van der Waals surface area contributed by atoms with Gasteiger partial charge in [0, 0.05) is 11.6 Å². The highest BCUT2D eigenvalue weighted by molar-refractivity contribution is 9.11. The van der Waals surface area contributed by atoms with Gasteiger partial charge in [0.1, 0.15) is 6.08 Å². The van der Waals surface area contributed by atoms with Gasteiger partial charge in [-0.25, -0.2) is 0 Å². The van der Waals surface area contributed by atoms with Crippen LogP contribution in [0.3, 0.4) is 0 Å². The molecule has 0 aromatic heterocycles. The maximum absolute atomic E-state index is 5.56. The molecule has 0 saturated carbocycles. The Bertz CT molecular complexity index is 157. The molecule has 0 amide bonds. The van der Waals surface area contributed by atoms with E-state index in [9.17, 15) is 0 Å². The van der Waals surface area contributed by atoms with E-state index in [4.69, 9.17) is 11.6 Å². The molecular formula is C6H3BrCl+. The van der Waals surface area contributed by atoms with E-state index in [0.717, 1.165) is 4.48 Å². The molecule has 0 unspecified atom stereocenters. The number of hydrogen-bond acceptors (Lipinski definition) is 0. The Hall–Kier alpha value is -0.100. The Morgan fingerprint density at radius 2 is 2.25 bits per heavy atom. The molecule has 0 fully saturated rings. The van der Waals surface area contributed by atoms with Crippen molar-refractivity contribution in [2.75, 3.05) is 0 Å². The van der Waals surface area contributed by atoms with Crippen LogP contribution in [0.4, 0.5) is 0 Å². The SMILES string of the molecule is ClC1=C[C+]=C(Br)C=C1. The fourth-order valence-electron chi connectivity index (χ4n) is 0.387. The molecule has 1 rings (SSSR count). The topological polar surface area (TPSA) is 0 Å². The molecule has 0 spiro atoms. The number of rotatable bonds is 0. The van der Waals surface area contributed by atoms with Crippen LogP contribution in [0.15, 0.2) is 27.7 Å². The largest absolute Gasteiger partial charge is 0.180 e. The second-order valence-electron chi connectivity index (χ2n) is 1.35. The smallest absolute Gasteiger partial charge is 0.00773 e. The summed E-state index contributed by atoms with van der Waals surface area (Å²) in [6, 6.07) is 0. The molecule has 0 aromatic rings. The highest BCUT2D eigenvalue weighted by atomic mass is 79.9. The molecule has 0 N–H and O–H groups in total.